The summed E-state index contributed by atoms with van der Waals surface area (Å²) in [6.45, 7) is 18.8. The van der Waals surface area contributed by atoms with E-state index in [-0.39, 0.29) is 177 Å². The van der Waals surface area contributed by atoms with E-state index in [4.69, 9.17) is 71.6 Å². The van der Waals surface area contributed by atoms with Gasteiger partial charge in [0.15, 0.2) is 54.5 Å². The first kappa shape index (κ1) is 105. The number of aromatic nitrogens is 16. The SMILES string of the molecule is CC(=O)C(C)NP(=O)(COCCn1cnc2c(=O)[nH]c(N)nc21)OCc1ccc(C)c(Cl)c1.CC(=O)C(C)NP(=O)(COCCn1cnc2c(=O)[nH]c(N)nc21)OCc1ccc(C)c(F)c1.CC(=O)C(C)NP(=O)(COCCn1cnc2c(=O)[nH]c(N)nc21)OCc1ccc(C)cc1.CC(=O)C(C)NP(=O)(COCCn1cnc2c(=O)[nH]c(N)nc21)OCc1ccc(S(C)(=O)=O)cc1. The van der Waals surface area contributed by atoms with Gasteiger partial charge in [-0.3, -0.25) is 76.6 Å². The molecule has 46 nitrogen and oxygen atoms in total. The van der Waals surface area contributed by atoms with Crippen LogP contribution < -0.4 is 65.5 Å². The molecule has 12 aromatic rings. The van der Waals surface area contributed by atoms with E-state index in [1.165, 1.54) is 71.2 Å². The Morgan fingerprint density at radius 2 is 0.677 bits per heavy atom. The molecule has 0 amide bonds. The van der Waals surface area contributed by atoms with Gasteiger partial charge in [0.2, 0.25) is 23.8 Å². The second kappa shape index (κ2) is 47.6. The van der Waals surface area contributed by atoms with Crippen LogP contribution in [0.15, 0.2) is 134 Å². The molecule has 0 radical (unpaired) electrons. The van der Waals surface area contributed by atoms with Crippen LogP contribution in [0.2, 0.25) is 5.02 Å². The van der Waals surface area contributed by atoms with Gasteiger partial charge < -0.3 is 78.2 Å². The number of benzene rings is 4. The van der Waals surface area contributed by atoms with Crippen molar-refractivity contribution in [2.75, 3.05) is 81.0 Å². The van der Waals surface area contributed by atoms with Gasteiger partial charge in [-0.15, -0.1) is 0 Å². The summed E-state index contributed by atoms with van der Waals surface area (Å²) < 4.78 is 142. The van der Waals surface area contributed by atoms with Gasteiger partial charge in [-0.1, -0.05) is 77.8 Å². The Hall–Kier alpha value is -11.2. The van der Waals surface area contributed by atoms with Crippen molar-refractivity contribution >= 4 is 143 Å². The van der Waals surface area contributed by atoms with Crippen LogP contribution in [0.3, 0.4) is 0 Å². The van der Waals surface area contributed by atoms with Crippen molar-refractivity contribution in [3.05, 3.63) is 201 Å². The zero-order valence-electron chi connectivity index (χ0n) is 74.6. The van der Waals surface area contributed by atoms with Crippen molar-refractivity contribution in [3.8, 4) is 0 Å². The monoisotopic (exact) mass is 1960 g/mol. The number of nitrogen functional groups attached to an aromatic ring is 4. The zero-order valence-corrected chi connectivity index (χ0v) is 79.8. The third kappa shape index (κ3) is 31.4. The molecule has 133 heavy (non-hydrogen) atoms. The maximum atomic E-state index is 13.8. The molecule has 0 saturated carbocycles. The Morgan fingerprint density at radius 3 is 0.940 bits per heavy atom. The molecule has 0 saturated heterocycles. The highest BCUT2D eigenvalue weighted by molar-refractivity contribution is 7.90. The van der Waals surface area contributed by atoms with Gasteiger partial charge in [0, 0.05) is 37.5 Å². The first-order chi connectivity index (χ1) is 62.7. The molecule has 53 heteroatoms. The van der Waals surface area contributed by atoms with Gasteiger partial charge in [-0.05, 0) is 134 Å². The fraction of sp³-hybridized carbons (Fsp3) is 0.400. The number of H-pyrrole nitrogens is 4. The maximum Gasteiger partial charge on any atom is 0.295 e. The van der Waals surface area contributed by atoms with E-state index in [1.807, 2.05) is 50.2 Å². The van der Waals surface area contributed by atoms with E-state index < -0.39 is 92.1 Å². The molecule has 8 heterocycles. The van der Waals surface area contributed by atoms with Crippen LogP contribution in [-0.2, 0) is 137 Å². The largest absolute Gasteiger partial charge is 0.369 e. The zero-order chi connectivity index (χ0) is 97.5. The quantitative estimate of drug-likeness (QED) is 0.0128. The lowest BCUT2D eigenvalue weighted by Crippen LogP contribution is -2.32. The Balaban J connectivity index is 0.000000199. The second-order valence-electron chi connectivity index (χ2n) is 30.6. The number of Topliss-reactive ketones (excluding diaryl/α,β-unsaturated/α-hetero) is 4. The summed E-state index contributed by atoms with van der Waals surface area (Å²) in [6.07, 6.45) is 5.67. The van der Waals surface area contributed by atoms with Gasteiger partial charge in [-0.25, -0.2) is 53.1 Å². The number of carbonyl (C=O) groups is 4. The number of aryl methyl sites for hydroxylation is 3. The first-order valence-corrected chi connectivity index (χ1v) is 50.3. The lowest BCUT2D eigenvalue weighted by molar-refractivity contribution is -0.119. The highest BCUT2D eigenvalue weighted by atomic mass is 35.5. The van der Waals surface area contributed by atoms with Crippen LogP contribution in [0.5, 0.6) is 0 Å². The van der Waals surface area contributed by atoms with E-state index >= 15 is 0 Å². The predicted molar refractivity (Wildman–Crippen MR) is 494 cm³/mol. The Bertz CT molecular complexity index is 6520. The summed E-state index contributed by atoms with van der Waals surface area (Å²) in [7, 11) is -17.6. The molecule has 12 rings (SSSR count). The number of aromatic amines is 4. The number of nitrogens with one attached hydrogen (secondary N) is 8. The molecular formula is C80H106ClFN24O22P4S. The number of imidazole rings is 4. The molecule has 718 valence electrons. The van der Waals surface area contributed by atoms with Crippen LogP contribution in [-0.4, -0.2) is 192 Å². The summed E-state index contributed by atoms with van der Waals surface area (Å²) >= 11 is 6.15. The van der Waals surface area contributed by atoms with Crippen molar-refractivity contribution in [1.29, 1.82) is 0 Å². The molecule has 8 aromatic heterocycles. The number of nitrogens with zero attached hydrogens (tertiary/aromatic N) is 12. The fourth-order valence-electron chi connectivity index (χ4n) is 11.6. The number of anilines is 4. The molecule has 16 N–H and O–H groups in total. The number of nitrogens with two attached hydrogens (primary N) is 4. The van der Waals surface area contributed by atoms with Crippen LogP contribution in [0.4, 0.5) is 28.2 Å². The van der Waals surface area contributed by atoms with Crippen LogP contribution in [0.25, 0.3) is 44.7 Å². The summed E-state index contributed by atoms with van der Waals surface area (Å²) in [6, 6.07) is 20.8. The molecule has 4 aromatic carbocycles. The number of rotatable bonds is 45. The number of ether oxygens (including phenoxy) is 4. The molecule has 0 aliphatic rings. The number of halogens is 2. The van der Waals surface area contributed by atoms with Crippen LogP contribution >= 0.6 is 41.7 Å². The minimum atomic E-state index is -3.64. The van der Waals surface area contributed by atoms with Gasteiger partial charge in [0.25, 0.3) is 52.3 Å². The van der Waals surface area contributed by atoms with Crippen LogP contribution in [0.1, 0.15) is 94.3 Å². The molecule has 8 atom stereocenters. The lowest BCUT2D eigenvalue weighted by atomic mass is 10.1. The van der Waals surface area contributed by atoms with Crippen molar-refractivity contribution in [2.24, 2.45) is 0 Å². The smallest absolute Gasteiger partial charge is 0.295 e. The Kier molecular flexibility index (Phi) is 37.7. The summed E-state index contributed by atoms with van der Waals surface area (Å²) in [5.41, 5.74) is 27.6. The third-order valence-electron chi connectivity index (χ3n) is 19.6. The van der Waals surface area contributed by atoms with Crippen molar-refractivity contribution in [1.82, 2.24) is 98.4 Å². The Morgan fingerprint density at radius 1 is 0.421 bits per heavy atom. The summed E-state index contributed by atoms with van der Waals surface area (Å²) in [4.78, 5) is 136. The Labute approximate surface area is 765 Å². The van der Waals surface area contributed by atoms with Gasteiger partial charge in [-0.2, -0.15) is 19.9 Å². The van der Waals surface area contributed by atoms with E-state index in [0.717, 1.165) is 28.5 Å². The minimum absolute atomic E-state index is 0.0124. The van der Waals surface area contributed by atoms with E-state index in [0.29, 0.717) is 45.2 Å². The first-order valence-electron chi connectivity index (χ1n) is 40.8. The number of hydrogen-bond donors (Lipinski definition) is 12. The molecule has 0 spiro atoms. The van der Waals surface area contributed by atoms with Gasteiger partial charge >= 0.3 is 0 Å². The van der Waals surface area contributed by atoms with Crippen molar-refractivity contribution in [3.63, 3.8) is 0 Å². The van der Waals surface area contributed by atoms with Gasteiger partial charge in [0.1, 0.15) is 54.3 Å². The number of hydrogen-bond acceptors (Lipinski definition) is 34. The summed E-state index contributed by atoms with van der Waals surface area (Å²) in [5.74, 6) is -1.32. The number of sulfone groups is 1. The minimum Gasteiger partial charge on any atom is -0.369 e. The molecule has 0 aliphatic heterocycles. The van der Waals surface area contributed by atoms with E-state index in [2.05, 4.69) is 80.2 Å². The molecule has 0 bridgehead atoms. The highest BCUT2D eigenvalue weighted by Gasteiger charge is 2.33. The van der Waals surface area contributed by atoms with Crippen molar-refractivity contribution in [2.45, 2.75) is 158 Å². The number of ketones is 4. The predicted octanol–water partition coefficient (Wildman–Crippen LogP) is 7.73. The highest BCUT2D eigenvalue weighted by Crippen LogP contribution is 2.47. The summed E-state index contributed by atoms with van der Waals surface area (Å²) in [5, 5.41) is 11.5. The fourth-order valence-corrected chi connectivity index (χ4v) is 19.3. The maximum absolute atomic E-state index is 13.8. The molecular weight excluding hydrogens is 1860 g/mol. The normalized spacial score (nSPS) is 14.4. The van der Waals surface area contributed by atoms with E-state index in [1.54, 1.807) is 83.2 Å². The standard InChI is InChI=1S/C20H26ClN6O5P.C20H26FN6O5P.C20H27N6O7PS.C20H27N6O5P/c2*1-12-4-5-15(8-16(12)21)9-32-33(30,26-13(2)14(3)28)11-31-7-6-27-10-23-17-18(27)24-20(22)25-19(17)29;1-13(14(2)27)25-34(29,33-10-15-4-6-16(7-5-15)35(3,30)31)12-32-9-8-26-11-22-17-18(26)23-20(21)24-19(17)28;1-13-4-6-16(7-5-13)10-31-32(29,25-14(2)15(3)27)12-30-9-8-26-11-22-17-18(26)23-20(21)24-19(17)28/h2*4-5,8,10,13H,6-7,9,11H2,1-3H3,(H,26,30)(H3,22,24,25,29);4-7,11,13H,8-10,12H2,1-3H3,(H,25,29)(H3,21,23,24,28);4-7,11,14H,8-10,12H2,1-3H3,(H,25,29)(H3,21,23,24,28). The van der Waals surface area contributed by atoms with Crippen molar-refractivity contribution < 1.29 is 87.3 Å². The average molecular weight is 1970 g/mol. The number of fused-ring (bicyclic) bond motifs is 4. The number of carbonyl (C=O) groups excluding carboxylic acids is 4. The topological polar surface area (TPSA) is 651 Å². The lowest BCUT2D eigenvalue weighted by Gasteiger charge is -2.23. The van der Waals surface area contributed by atoms with Crippen LogP contribution in [0, 0.1) is 26.6 Å². The molecule has 0 fully saturated rings. The molecule has 8 unspecified atom stereocenters. The second-order valence-corrected chi connectivity index (χ2v) is 41.5. The van der Waals surface area contributed by atoms with Gasteiger partial charge in [0.05, 0.1) is 107 Å². The molecule has 0 aliphatic carbocycles. The van der Waals surface area contributed by atoms with E-state index in [9.17, 15) is 69.4 Å². The third-order valence-corrected chi connectivity index (χ3v) is 28.6. The average Bonchev–Trinajstić information content (AvgIpc) is 1.67.